The number of ether oxygens (including phenoxy) is 2. The van der Waals surface area contributed by atoms with E-state index in [-0.39, 0.29) is 18.4 Å². The van der Waals surface area contributed by atoms with Gasteiger partial charge in [0.25, 0.3) is 5.91 Å². The first-order valence-electron chi connectivity index (χ1n) is 10.5. The molecule has 1 aliphatic rings. The fraction of sp³-hybridized carbons (Fsp3) is 0.348. The molecule has 0 atom stereocenters. The maximum atomic E-state index is 13.2. The van der Waals surface area contributed by atoms with Gasteiger partial charge < -0.3 is 24.2 Å². The lowest BCUT2D eigenvalue weighted by atomic mass is 10.2. The van der Waals surface area contributed by atoms with E-state index in [0.29, 0.717) is 54.1 Å². The normalized spacial score (nSPS) is 12.5. The molecule has 0 saturated heterocycles. The zero-order chi connectivity index (χ0) is 22.8. The van der Waals surface area contributed by atoms with E-state index >= 15 is 0 Å². The third-order valence-corrected chi connectivity index (χ3v) is 5.34. The standard InChI is InChI=1S/C23H26N4O5/c1-5-26(13-22(28)24-17-6-7-19-20(12-17)31-9-8-30-19)23(29)18-10-14(2)27(16(18)4)21-11-15(3)32-25-21/h6-7,10-12H,5,8-9,13H2,1-4H3,(H,24,28). The molecule has 3 heterocycles. The number of anilines is 1. The average Bonchev–Trinajstić information content (AvgIpc) is 3.33. The van der Waals surface area contributed by atoms with E-state index in [0.717, 1.165) is 11.4 Å². The van der Waals surface area contributed by atoms with Gasteiger partial charge in [-0.15, -0.1) is 0 Å². The summed E-state index contributed by atoms with van der Waals surface area (Å²) in [6.07, 6.45) is 0. The largest absolute Gasteiger partial charge is 0.486 e. The van der Waals surface area contributed by atoms with Gasteiger partial charge in [-0.2, -0.15) is 0 Å². The van der Waals surface area contributed by atoms with Crippen molar-refractivity contribution in [2.24, 2.45) is 0 Å². The van der Waals surface area contributed by atoms with E-state index in [9.17, 15) is 9.59 Å². The lowest BCUT2D eigenvalue weighted by Crippen LogP contribution is -2.38. The third kappa shape index (κ3) is 4.18. The Morgan fingerprint density at radius 2 is 1.84 bits per heavy atom. The summed E-state index contributed by atoms with van der Waals surface area (Å²) in [7, 11) is 0. The number of fused-ring (bicyclic) bond motifs is 1. The topological polar surface area (TPSA) is 98.8 Å². The van der Waals surface area contributed by atoms with Crippen LogP contribution in [0.25, 0.3) is 5.82 Å². The number of rotatable bonds is 6. The van der Waals surface area contributed by atoms with Crippen LogP contribution in [0.5, 0.6) is 11.5 Å². The molecule has 9 nitrogen and oxygen atoms in total. The van der Waals surface area contributed by atoms with Crippen molar-refractivity contribution in [2.45, 2.75) is 27.7 Å². The maximum absolute atomic E-state index is 13.2. The van der Waals surface area contributed by atoms with E-state index in [1.165, 1.54) is 4.90 Å². The van der Waals surface area contributed by atoms with Crippen molar-refractivity contribution in [2.75, 3.05) is 31.6 Å². The molecule has 1 aliphatic heterocycles. The Morgan fingerprint density at radius 1 is 1.09 bits per heavy atom. The van der Waals surface area contributed by atoms with Crippen LogP contribution in [0.4, 0.5) is 5.69 Å². The molecule has 1 N–H and O–H groups in total. The van der Waals surface area contributed by atoms with Crippen molar-refractivity contribution in [3.8, 4) is 17.3 Å². The highest BCUT2D eigenvalue weighted by Gasteiger charge is 2.24. The second kappa shape index (κ2) is 8.78. The van der Waals surface area contributed by atoms with Crippen molar-refractivity contribution in [3.63, 3.8) is 0 Å². The van der Waals surface area contributed by atoms with Crippen LogP contribution in [0.1, 0.15) is 34.4 Å². The first-order chi connectivity index (χ1) is 15.4. The summed E-state index contributed by atoms with van der Waals surface area (Å²) in [4.78, 5) is 27.4. The number of amides is 2. The Balaban J connectivity index is 1.48. The lowest BCUT2D eigenvalue weighted by Gasteiger charge is -2.21. The second-order valence-electron chi connectivity index (χ2n) is 7.64. The number of likely N-dealkylation sites (N-methyl/N-ethyl adjacent to an activating group) is 1. The van der Waals surface area contributed by atoms with Gasteiger partial charge in [0.1, 0.15) is 25.5 Å². The average molecular weight is 438 g/mol. The Kier molecular flexibility index (Phi) is 5.89. The fourth-order valence-corrected chi connectivity index (χ4v) is 3.78. The highest BCUT2D eigenvalue weighted by molar-refractivity contribution is 6.00. The molecule has 0 fully saturated rings. The predicted molar refractivity (Wildman–Crippen MR) is 118 cm³/mol. The summed E-state index contributed by atoms with van der Waals surface area (Å²) in [6.45, 7) is 8.70. The van der Waals surface area contributed by atoms with E-state index in [1.807, 2.05) is 44.4 Å². The molecule has 9 heteroatoms. The number of aryl methyl sites for hydroxylation is 2. The lowest BCUT2D eigenvalue weighted by molar-refractivity contribution is -0.116. The van der Waals surface area contributed by atoms with Gasteiger partial charge in [0.2, 0.25) is 5.91 Å². The molecule has 0 unspecified atom stereocenters. The first kappa shape index (κ1) is 21.5. The van der Waals surface area contributed by atoms with Gasteiger partial charge in [-0.05, 0) is 45.9 Å². The summed E-state index contributed by atoms with van der Waals surface area (Å²) < 4.78 is 18.1. The Morgan fingerprint density at radius 3 is 2.53 bits per heavy atom. The predicted octanol–water partition coefficient (Wildman–Crippen LogP) is 3.26. The summed E-state index contributed by atoms with van der Waals surface area (Å²) in [5.74, 6) is 2.04. The SMILES string of the molecule is CCN(CC(=O)Nc1ccc2c(c1)OCCO2)C(=O)c1cc(C)n(-c2cc(C)on2)c1C. The molecule has 0 saturated carbocycles. The number of nitrogens with one attached hydrogen (secondary N) is 1. The fourth-order valence-electron chi connectivity index (χ4n) is 3.78. The molecule has 32 heavy (non-hydrogen) atoms. The smallest absolute Gasteiger partial charge is 0.256 e. The van der Waals surface area contributed by atoms with Crippen LogP contribution in [0.2, 0.25) is 0 Å². The molecule has 1 aromatic carbocycles. The number of nitrogens with zero attached hydrogens (tertiary/aromatic N) is 3. The highest BCUT2D eigenvalue weighted by atomic mass is 16.6. The molecular weight excluding hydrogens is 412 g/mol. The van der Waals surface area contributed by atoms with Crippen LogP contribution in [0.3, 0.4) is 0 Å². The van der Waals surface area contributed by atoms with Crippen LogP contribution in [-0.2, 0) is 4.79 Å². The van der Waals surface area contributed by atoms with Crippen LogP contribution in [-0.4, -0.2) is 52.7 Å². The summed E-state index contributed by atoms with van der Waals surface area (Å²) in [5, 5.41) is 6.88. The van der Waals surface area contributed by atoms with Gasteiger partial charge in [0.15, 0.2) is 17.3 Å². The third-order valence-electron chi connectivity index (χ3n) is 5.34. The summed E-state index contributed by atoms with van der Waals surface area (Å²) >= 11 is 0. The minimum Gasteiger partial charge on any atom is -0.486 e. The number of carbonyl (C=O) groups excluding carboxylic acids is 2. The molecule has 2 aromatic heterocycles. The molecule has 168 valence electrons. The minimum absolute atomic E-state index is 0.0729. The van der Waals surface area contributed by atoms with Crippen LogP contribution in [0, 0.1) is 20.8 Å². The zero-order valence-electron chi connectivity index (χ0n) is 18.6. The van der Waals surface area contributed by atoms with E-state index in [2.05, 4.69) is 10.5 Å². The molecule has 4 rings (SSSR count). The van der Waals surface area contributed by atoms with Crippen molar-refractivity contribution in [1.29, 1.82) is 0 Å². The number of hydrogen-bond donors (Lipinski definition) is 1. The van der Waals surface area contributed by atoms with Gasteiger partial charge >= 0.3 is 0 Å². The van der Waals surface area contributed by atoms with Crippen LogP contribution < -0.4 is 14.8 Å². The molecule has 3 aromatic rings. The van der Waals surface area contributed by atoms with E-state index in [4.69, 9.17) is 14.0 Å². The van der Waals surface area contributed by atoms with Gasteiger partial charge in [0.05, 0.1) is 5.56 Å². The Labute approximate surface area is 185 Å². The molecule has 0 bridgehead atoms. The minimum atomic E-state index is -0.294. The zero-order valence-corrected chi connectivity index (χ0v) is 18.6. The van der Waals surface area contributed by atoms with Crippen molar-refractivity contribution in [3.05, 3.63) is 53.0 Å². The van der Waals surface area contributed by atoms with E-state index < -0.39 is 0 Å². The highest BCUT2D eigenvalue weighted by Crippen LogP contribution is 2.32. The maximum Gasteiger partial charge on any atom is 0.256 e. The number of benzene rings is 1. The molecule has 0 spiro atoms. The van der Waals surface area contributed by atoms with Crippen molar-refractivity contribution < 1.29 is 23.6 Å². The summed E-state index contributed by atoms with van der Waals surface area (Å²) in [5.41, 5.74) is 2.71. The Hall–Kier alpha value is -3.75. The van der Waals surface area contributed by atoms with Gasteiger partial charge in [-0.3, -0.25) is 14.2 Å². The van der Waals surface area contributed by atoms with Crippen molar-refractivity contribution >= 4 is 17.5 Å². The molecule has 0 radical (unpaired) electrons. The second-order valence-corrected chi connectivity index (χ2v) is 7.64. The van der Waals surface area contributed by atoms with Crippen molar-refractivity contribution in [1.82, 2.24) is 14.6 Å². The van der Waals surface area contributed by atoms with Gasteiger partial charge in [-0.25, -0.2) is 0 Å². The molecule has 0 aliphatic carbocycles. The number of carbonyl (C=O) groups is 2. The molecule has 2 amide bonds. The van der Waals surface area contributed by atoms with Gasteiger partial charge in [0, 0.05) is 35.8 Å². The van der Waals surface area contributed by atoms with Crippen LogP contribution >= 0.6 is 0 Å². The number of hydrogen-bond acceptors (Lipinski definition) is 6. The molecular formula is C23H26N4O5. The van der Waals surface area contributed by atoms with Crippen LogP contribution in [0.15, 0.2) is 34.9 Å². The summed E-state index contributed by atoms with van der Waals surface area (Å²) in [6, 6.07) is 8.85. The monoisotopic (exact) mass is 438 g/mol. The quantitative estimate of drug-likeness (QED) is 0.634. The van der Waals surface area contributed by atoms with Gasteiger partial charge in [-0.1, -0.05) is 5.16 Å². The number of aromatic nitrogens is 2. The Bertz CT molecular complexity index is 1160. The van der Waals surface area contributed by atoms with E-state index in [1.54, 1.807) is 18.2 Å². The first-order valence-corrected chi connectivity index (χ1v) is 10.5.